The van der Waals surface area contributed by atoms with E-state index in [1.807, 2.05) is 6.92 Å². The third kappa shape index (κ3) is 4.35. The van der Waals surface area contributed by atoms with Crippen molar-refractivity contribution in [1.82, 2.24) is 4.98 Å². The third-order valence-corrected chi connectivity index (χ3v) is 5.36. The molecule has 108 valence electrons. The molecule has 2 amide bonds. The van der Waals surface area contributed by atoms with Crippen LogP contribution in [0.3, 0.4) is 0 Å². The molecule has 1 aromatic heterocycles. The number of aromatic nitrogens is 1. The van der Waals surface area contributed by atoms with Gasteiger partial charge in [0, 0.05) is 6.42 Å². The number of hydrogen-bond donors (Lipinski definition) is 2. The maximum Gasteiger partial charge on any atom is 0.227 e. The highest BCUT2D eigenvalue weighted by Gasteiger charge is 2.16. The number of primary amides is 1. The van der Waals surface area contributed by atoms with E-state index in [1.165, 1.54) is 23.1 Å². The fourth-order valence-electron chi connectivity index (χ4n) is 1.98. The van der Waals surface area contributed by atoms with Crippen LogP contribution in [0.25, 0.3) is 0 Å². The Labute approximate surface area is 126 Å². The van der Waals surface area contributed by atoms with Crippen LogP contribution in [-0.2, 0) is 9.59 Å². The summed E-state index contributed by atoms with van der Waals surface area (Å²) in [6.45, 7) is 1.86. The average Bonchev–Trinajstić information content (AvgIpc) is 2.97. The first-order chi connectivity index (χ1) is 9.54. The molecule has 0 aliphatic heterocycles. The smallest absolute Gasteiger partial charge is 0.227 e. The predicted octanol–water partition coefficient (Wildman–Crippen LogP) is 2.32. The molecule has 20 heavy (non-hydrogen) atoms. The van der Waals surface area contributed by atoms with E-state index in [2.05, 4.69) is 22.5 Å². The van der Waals surface area contributed by atoms with Crippen molar-refractivity contribution in [3.8, 4) is 0 Å². The maximum absolute atomic E-state index is 11.9. The second-order valence-electron chi connectivity index (χ2n) is 4.66. The monoisotopic (exact) mass is 311 g/mol. The van der Waals surface area contributed by atoms with Gasteiger partial charge in [0.1, 0.15) is 0 Å². The molecule has 0 radical (unpaired) electrons. The maximum atomic E-state index is 11.9. The number of hydrogen-bond acceptors (Lipinski definition) is 5. The Hall–Kier alpha value is -1.34. The third-order valence-electron chi connectivity index (χ3n) is 2.91. The highest BCUT2D eigenvalue weighted by atomic mass is 32.2. The van der Waals surface area contributed by atoms with E-state index in [0.717, 1.165) is 22.7 Å². The molecule has 0 saturated carbocycles. The Kier molecular flexibility index (Phi) is 5.19. The van der Waals surface area contributed by atoms with Crippen molar-refractivity contribution in [1.29, 1.82) is 0 Å². The minimum Gasteiger partial charge on any atom is -0.369 e. The van der Waals surface area contributed by atoms with E-state index in [0.29, 0.717) is 17.5 Å². The van der Waals surface area contributed by atoms with Crippen LogP contribution in [0.5, 0.6) is 0 Å². The number of carbonyl (C=O) groups is 2. The van der Waals surface area contributed by atoms with E-state index in [9.17, 15) is 9.59 Å². The van der Waals surface area contributed by atoms with E-state index in [-0.39, 0.29) is 17.6 Å². The van der Waals surface area contributed by atoms with Crippen molar-refractivity contribution >= 4 is 40.0 Å². The Bertz CT molecular complexity index is 540. The standard InChI is InChI=1S/C13H17N3O2S2/c1-8-12(19-7-10(14)17)20-13(15-8)16-11(18)6-9-4-2-3-5-9/h2,4,9H,3,5-7H2,1H3,(H2,14,17)(H,15,16,18). The van der Waals surface area contributed by atoms with Gasteiger partial charge in [0.25, 0.3) is 0 Å². The molecule has 1 unspecified atom stereocenters. The zero-order chi connectivity index (χ0) is 14.5. The van der Waals surface area contributed by atoms with Gasteiger partial charge in [0.05, 0.1) is 15.7 Å². The molecule has 1 atom stereocenters. The molecular weight excluding hydrogens is 294 g/mol. The summed E-state index contributed by atoms with van der Waals surface area (Å²) >= 11 is 2.74. The molecule has 0 saturated heterocycles. The number of nitrogens with two attached hydrogens (primary N) is 1. The van der Waals surface area contributed by atoms with Crippen molar-refractivity contribution < 1.29 is 9.59 Å². The lowest BCUT2D eigenvalue weighted by Crippen LogP contribution is -2.14. The van der Waals surface area contributed by atoms with Crippen LogP contribution in [0.1, 0.15) is 25.0 Å². The number of nitrogens with one attached hydrogen (secondary N) is 1. The van der Waals surface area contributed by atoms with Crippen LogP contribution in [-0.4, -0.2) is 22.6 Å². The van der Waals surface area contributed by atoms with Gasteiger partial charge in [-0.2, -0.15) is 0 Å². The summed E-state index contributed by atoms with van der Waals surface area (Å²) in [6.07, 6.45) is 6.82. The number of carbonyl (C=O) groups excluding carboxylic acids is 2. The number of thioether (sulfide) groups is 1. The molecule has 3 N–H and O–H groups in total. The fourth-order valence-corrected chi connectivity index (χ4v) is 3.87. The Morgan fingerprint density at radius 2 is 2.40 bits per heavy atom. The molecule has 0 bridgehead atoms. The molecule has 0 spiro atoms. The Balaban J connectivity index is 1.88. The van der Waals surface area contributed by atoms with Crippen molar-refractivity contribution in [3.63, 3.8) is 0 Å². The summed E-state index contributed by atoms with van der Waals surface area (Å²) in [5.74, 6) is 0.200. The van der Waals surface area contributed by atoms with Gasteiger partial charge in [-0.15, -0.1) is 11.8 Å². The molecule has 1 heterocycles. The van der Waals surface area contributed by atoms with Crippen molar-refractivity contribution in [2.24, 2.45) is 11.7 Å². The van der Waals surface area contributed by atoms with Gasteiger partial charge >= 0.3 is 0 Å². The van der Waals surface area contributed by atoms with E-state index in [1.54, 1.807) is 0 Å². The lowest BCUT2D eigenvalue weighted by molar-refractivity contribution is -0.117. The van der Waals surface area contributed by atoms with Crippen molar-refractivity contribution in [2.45, 2.75) is 30.4 Å². The molecule has 2 rings (SSSR count). The highest BCUT2D eigenvalue weighted by Crippen LogP contribution is 2.32. The van der Waals surface area contributed by atoms with E-state index >= 15 is 0 Å². The van der Waals surface area contributed by atoms with Gasteiger partial charge in [-0.25, -0.2) is 4.98 Å². The summed E-state index contributed by atoms with van der Waals surface area (Å²) in [6, 6.07) is 0. The first kappa shape index (κ1) is 15.1. The minimum absolute atomic E-state index is 0.0123. The largest absolute Gasteiger partial charge is 0.369 e. The number of rotatable bonds is 6. The zero-order valence-electron chi connectivity index (χ0n) is 11.2. The Morgan fingerprint density at radius 1 is 1.60 bits per heavy atom. The number of aryl methyl sites for hydroxylation is 1. The summed E-state index contributed by atoms with van der Waals surface area (Å²) in [7, 11) is 0. The molecule has 5 nitrogen and oxygen atoms in total. The lowest BCUT2D eigenvalue weighted by Gasteiger charge is -2.06. The molecular formula is C13H17N3O2S2. The average molecular weight is 311 g/mol. The van der Waals surface area contributed by atoms with Gasteiger partial charge in [-0.3, -0.25) is 9.59 Å². The van der Waals surface area contributed by atoms with Gasteiger partial charge in [0.15, 0.2) is 5.13 Å². The summed E-state index contributed by atoms with van der Waals surface area (Å²) in [4.78, 5) is 27.0. The van der Waals surface area contributed by atoms with Gasteiger partial charge in [-0.1, -0.05) is 23.5 Å². The van der Waals surface area contributed by atoms with Crippen LogP contribution in [0.2, 0.25) is 0 Å². The number of amides is 2. The second-order valence-corrected chi connectivity index (χ2v) is 6.91. The SMILES string of the molecule is Cc1nc(NC(=O)CC2C=CCC2)sc1SCC(N)=O. The molecule has 7 heteroatoms. The van der Waals surface area contributed by atoms with Crippen molar-refractivity contribution in [3.05, 3.63) is 17.8 Å². The van der Waals surface area contributed by atoms with E-state index in [4.69, 9.17) is 5.73 Å². The van der Waals surface area contributed by atoms with Crippen LogP contribution < -0.4 is 11.1 Å². The molecule has 1 aliphatic rings. The van der Waals surface area contributed by atoms with E-state index < -0.39 is 0 Å². The van der Waals surface area contributed by atoms with Crippen LogP contribution in [0.15, 0.2) is 16.4 Å². The first-order valence-electron chi connectivity index (χ1n) is 6.39. The number of anilines is 1. The quantitative estimate of drug-likeness (QED) is 0.623. The summed E-state index contributed by atoms with van der Waals surface area (Å²) in [5, 5.41) is 3.41. The van der Waals surface area contributed by atoms with Crippen LogP contribution >= 0.6 is 23.1 Å². The molecule has 0 aromatic carbocycles. The summed E-state index contributed by atoms with van der Waals surface area (Å²) in [5.41, 5.74) is 5.93. The van der Waals surface area contributed by atoms with Crippen molar-refractivity contribution in [2.75, 3.05) is 11.1 Å². The summed E-state index contributed by atoms with van der Waals surface area (Å²) < 4.78 is 0.917. The molecule has 1 aliphatic carbocycles. The second kappa shape index (κ2) is 6.90. The van der Waals surface area contributed by atoms with Gasteiger partial charge in [-0.05, 0) is 25.7 Å². The molecule has 0 fully saturated rings. The first-order valence-corrected chi connectivity index (χ1v) is 8.20. The van der Waals surface area contributed by atoms with Gasteiger partial charge in [0.2, 0.25) is 11.8 Å². The fraction of sp³-hybridized carbons (Fsp3) is 0.462. The normalized spacial score (nSPS) is 17.4. The minimum atomic E-state index is -0.360. The lowest BCUT2D eigenvalue weighted by atomic mass is 10.1. The number of nitrogens with zero attached hydrogens (tertiary/aromatic N) is 1. The highest BCUT2D eigenvalue weighted by molar-refractivity contribution is 8.01. The van der Waals surface area contributed by atoms with Crippen LogP contribution in [0, 0.1) is 12.8 Å². The Morgan fingerprint density at radius 3 is 3.05 bits per heavy atom. The molecule has 1 aromatic rings. The predicted molar refractivity (Wildman–Crippen MR) is 81.9 cm³/mol. The number of allylic oxidation sites excluding steroid dienone is 2. The van der Waals surface area contributed by atoms with Crippen LogP contribution in [0.4, 0.5) is 5.13 Å². The number of thiazole rings is 1. The zero-order valence-corrected chi connectivity index (χ0v) is 12.9. The van der Waals surface area contributed by atoms with Gasteiger partial charge < -0.3 is 11.1 Å². The topological polar surface area (TPSA) is 85.1 Å².